The SMILES string of the molecule is C=C[C@]1(C)C[C@@H](OC(=O)CSc2nc(C)c(C(=O)OC(C)CC)c(C)n2)[C@]2(C)[C@H](C)CC[C@]3(CCC(=O)[C@H]32)[C@@H](C)[C@@H]1O. The number of esters is 2. The maximum Gasteiger partial charge on any atom is 0.342 e. The molecule has 232 valence electrons. The average molecular weight is 601 g/mol. The molecule has 1 N–H and O–H groups in total. The highest BCUT2D eigenvalue weighted by Crippen LogP contribution is 2.68. The number of hydrogen-bond acceptors (Lipinski definition) is 9. The molecule has 0 spiro atoms. The summed E-state index contributed by atoms with van der Waals surface area (Å²) >= 11 is 1.16. The van der Waals surface area contributed by atoms with Crippen molar-refractivity contribution < 1.29 is 29.0 Å². The van der Waals surface area contributed by atoms with E-state index in [0.717, 1.165) is 31.0 Å². The molecular weight excluding hydrogens is 552 g/mol. The van der Waals surface area contributed by atoms with Gasteiger partial charge in [0.2, 0.25) is 0 Å². The van der Waals surface area contributed by atoms with E-state index < -0.39 is 35.0 Å². The predicted octanol–water partition coefficient (Wildman–Crippen LogP) is 6.05. The standard InChI is InChI=1S/C33H48N2O6S/c1-10-19(4)40-29(39)26-21(6)34-30(35-22(26)7)42-17-25(37)41-24-16-31(8,11-2)28(38)20(5)33-14-12-18(3)32(24,9)27(33)23(36)13-15-33/h11,18-20,24,27-28,38H,2,10,12-17H2,1,3-9H3/t18-,19?,20+,24-,27+,28+,31-,32+,33+/m1/s1. The number of carbonyl (C=O) groups excluding carboxylic acids is 3. The Morgan fingerprint density at radius 3 is 2.43 bits per heavy atom. The number of thioether (sulfide) groups is 1. The van der Waals surface area contributed by atoms with E-state index >= 15 is 0 Å². The maximum absolute atomic E-state index is 13.6. The molecule has 0 amide bonds. The van der Waals surface area contributed by atoms with Crippen LogP contribution in [0.15, 0.2) is 17.8 Å². The minimum atomic E-state index is -0.707. The smallest absolute Gasteiger partial charge is 0.342 e. The van der Waals surface area contributed by atoms with Gasteiger partial charge in [-0.3, -0.25) is 9.59 Å². The lowest BCUT2D eigenvalue weighted by Crippen LogP contribution is -2.63. The first-order valence-electron chi connectivity index (χ1n) is 15.4. The largest absolute Gasteiger partial charge is 0.461 e. The second-order valence-corrected chi connectivity index (χ2v) is 14.5. The molecule has 1 heterocycles. The molecule has 0 saturated heterocycles. The second-order valence-electron chi connectivity index (χ2n) is 13.5. The Hall–Kier alpha value is -2.26. The number of aliphatic hydroxyl groups excluding tert-OH is 1. The first-order valence-corrected chi connectivity index (χ1v) is 16.4. The van der Waals surface area contributed by atoms with Gasteiger partial charge >= 0.3 is 11.9 Å². The summed E-state index contributed by atoms with van der Waals surface area (Å²) in [6.45, 7) is 19.7. The molecule has 2 bridgehead atoms. The van der Waals surface area contributed by atoms with Crippen LogP contribution in [0.3, 0.4) is 0 Å². The first kappa shape index (κ1) is 32.6. The van der Waals surface area contributed by atoms with Crippen molar-refractivity contribution in [3.05, 3.63) is 29.6 Å². The summed E-state index contributed by atoms with van der Waals surface area (Å²) in [4.78, 5) is 48.6. The molecule has 0 aliphatic heterocycles. The molecule has 8 nitrogen and oxygen atoms in total. The zero-order valence-corrected chi connectivity index (χ0v) is 27.3. The van der Waals surface area contributed by atoms with Gasteiger partial charge in [0.05, 0.1) is 29.3 Å². The van der Waals surface area contributed by atoms with Crippen LogP contribution in [0.4, 0.5) is 0 Å². The lowest BCUT2D eigenvalue weighted by Gasteiger charge is -2.61. The zero-order chi connectivity index (χ0) is 31.2. The molecule has 42 heavy (non-hydrogen) atoms. The van der Waals surface area contributed by atoms with Crippen LogP contribution in [-0.4, -0.2) is 56.9 Å². The quantitative estimate of drug-likeness (QED) is 0.165. The lowest BCUT2D eigenvalue weighted by atomic mass is 9.44. The van der Waals surface area contributed by atoms with Gasteiger partial charge in [-0.05, 0) is 70.1 Å². The van der Waals surface area contributed by atoms with Crippen molar-refractivity contribution in [3.63, 3.8) is 0 Å². The summed E-state index contributed by atoms with van der Waals surface area (Å²) in [6, 6.07) is 0. The fourth-order valence-electron chi connectivity index (χ4n) is 8.19. The Morgan fingerprint density at radius 1 is 1.19 bits per heavy atom. The van der Waals surface area contributed by atoms with Gasteiger partial charge in [-0.15, -0.1) is 6.58 Å². The Kier molecular flexibility index (Phi) is 9.35. The fourth-order valence-corrected chi connectivity index (χ4v) is 8.91. The molecule has 3 aliphatic carbocycles. The summed E-state index contributed by atoms with van der Waals surface area (Å²) in [5.41, 5.74) is -0.227. The van der Waals surface area contributed by atoms with Crippen LogP contribution >= 0.6 is 11.8 Å². The number of aryl methyl sites for hydroxylation is 2. The fraction of sp³-hybridized carbons (Fsp3) is 0.727. The third-order valence-corrected chi connectivity index (χ3v) is 12.1. The van der Waals surface area contributed by atoms with Crippen molar-refractivity contribution in [2.75, 3.05) is 5.75 Å². The van der Waals surface area contributed by atoms with Crippen LogP contribution in [0.25, 0.3) is 0 Å². The molecule has 9 heteroatoms. The second kappa shape index (κ2) is 12.0. The monoisotopic (exact) mass is 600 g/mol. The Labute approximate surface area is 254 Å². The molecule has 9 atom stereocenters. The number of carbonyl (C=O) groups is 3. The predicted molar refractivity (Wildman–Crippen MR) is 162 cm³/mol. The first-order chi connectivity index (χ1) is 19.6. The highest BCUT2D eigenvalue weighted by molar-refractivity contribution is 7.99. The topological polar surface area (TPSA) is 116 Å². The van der Waals surface area contributed by atoms with Crippen molar-refractivity contribution in [1.82, 2.24) is 9.97 Å². The van der Waals surface area contributed by atoms with Crippen LogP contribution in [-0.2, 0) is 19.1 Å². The zero-order valence-electron chi connectivity index (χ0n) is 26.5. The Morgan fingerprint density at radius 2 is 1.83 bits per heavy atom. The van der Waals surface area contributed by atoms with E-state index in [2.05, 4.69) is 37.3 Å². The van der Waals surface area contributed by atoms with E-state index in [0.29, 0.717) is 41.4 Å². The van der Waals surface area contributed by atoms with Gasteiger partial charge in [-0.2, -0.15) is 0 Å². The number of aliphatic hydroxyl groups is 1. The minimum Gasteiger partial charge on any atom is -0.461 e. The molecule has 3 aliphatic rings. The molecule has 3 saturated carbocycles. The molecule has 0 radical (unpaired) electrons. The molecular formula is C33H48N2O6S. The van der Waals surface area contributed by atoms with E-state index in [1.54, 1.807) is 19.9 Å². The molecule has 1 unspecified atom stereocenters. The summed E-state index contributed by atoms with van der Waals surface area (Å²) < 4.78 is 11.8. The summed E-state index contributed by atoms with van der Waals surface area (Å²) in [6.07, 6.45) is 4.48. The number of ether oxygens (including phenoxy) is 2. The maximum atomic E-state index is 13.6. The van der Waals surface area contributed by atoms with Crippen LogP contribution in [0, 0.1) is 47.8 Å². The van der Waals surface area contributed by atoms with Crippen molar-refractivity contribution in [2.24, 2.45) is 34.0 Å². The van der Waals surface area contributed by atoms with Gasteiger partial charge in [0.15, 0.2) is 5.16 Å². The van der Waals surface area contributed by atoms with Gasteiger partial charge in [0, 0.05) is 23.2 Å². The van der Waals surface area contributed by atoms with Crippen LogP contribution < -0.4 is 0 Å². The van der Waals surface area contributed by atoms with Crippen molar-refractivity contribution >= 4 is 29.5 Å². The van der Waals surface area contributed by atoms with E-state index in [-0.39, 0.29) is 40.8 Å². The molecule has 4 rings (SSSR count). The van der Waals surface area contributed by atoms with Crippen LogP contribution in [0.1, 0.15) is 102 Å². The number of Topliss-reactive ketones (excluding diaryl/α,β-unsaturated/α-hetero) is 1. The highest BCUT2D eigenvalue weighted by Gasteiger charge is 2.68. The van der Waals surface area contributed by atoms with Gasteiger partial charge in [0.25, 0.3) is 0 Å². The van der Waals surface area contributed by atoms with Crippen molar-refractivity contribution in [2.45, 2.75) is 117 Å². The molecule has 1 aromatic heterocycles. The Balaban J connectivity index is 1.58. The van der Waals surface area contributed by atoms with Crippen molar-refractivity contribution in [1.29, 1.82) is 0 Å². The minimum absolute atomic E-state index is 0.0238. The summed E-state index contributed by atoms with van der Waals surface area (Å²) in [5.74, 6) is -0.852. The van der Waals surface area contributed by atoms with Crippen molar-refractivity contribution in [3.8, 4) is 0 Å². The number of rotatable bonds is 8. The molecule has 3 fully saturated rings. The summed E-state index contributed by atoms with van der Waals surface area (Å²) in [5, 5.41) is 12.1. The molecule has 0 aromatic carbocycles. The van der Waals surface area contributed by atoms with E-state index in [9.17, 15) is 19.5 Å². The van der Waals surface area contributed by atoms with Gasteiger partial charge in [-0.25, -0.2) is 14.8 Å². The number of ketones is 1. The van der Waals surface area contributed by atoms with E-state index in [4.69, 9.17) is 9.47 Å². The summed E-state index contributed by atoms with van der Waals surface area (Å²) in [7, 11) is 0. The van der Waals surface area contributed by atoms with Gasteiger partial charge in [-0.1, -0.05) is 52.5 Å². The van der Waals surface area contributed by atoms with E-state index in [1.165, 1.54) is 0 Å². The Bertz CT molecular complexity index is 1230. The lowest BCUT2D eigenvalue weighted by molar-refractivity contribution is -0.205. The van der Waals surface area contributed by atoms with Crippen LogP contribution in [0.5, 0.6) is 0 Å². The van der Waals surface area contributed by atoms with Crippen LogP contribution in [0.2, 0.25) is 0 Å². The third kappa shape index (κ3) is 5.44. The molecule has 1 aromatic rings. The average Bonchev–Trinajstić information content (AvgIpc) is 3.29. The van der Waals surface area contributed by atoms with E-state index in [1.807, 2.05) is 20.8 Å². The third-order valence-electron chi connectivity index (χ3n) is 11.2. The number of hydrogen-bond donors (Lipinski definition) is 1. The normalized spacial score (nSPS) is 36.8. The number of nitrogens with zero attached hydrogens (tertiary/aromatic N) is 2. The van der Waals surface area contributed by atoms with Gasteiger partial charge < -0.3 is 14.6 Å². The van der Waals surface area contributed by atoms with Gasteiger partial charge in [0.1, 0.15) is 17.5 Å². The number of aromatic nitrogens is 2. The highest BCUT2D eigenvalue weighted by atomic mass is 32.2.